The van der Waals surface area contributed by atoms with E-state index in [4.69, 9.17) is 32.8 Å². The molecule has 10 N–H and O–H groups in total. The number of nitrogens with two attached hydrogens (primary N) is 5. The average molecular weight is 1780 g/mol. The molecule has 39 heteroatoms. The zero-order chi connectivity index (χ0) is 95.1. The van der Waals surface area contributed by atoms with Crippen molar-refractivity contribution in [1.82, 2.24) is 116 Å². The molecule has 0 aliphatic rings. The predicted octanol–water partition coefficient (Wildman–Crippen LogP) is 18.8. The van der Waals surface area contributed by atoms with Gasteiger partial charge in [-0.2, -0.15) is 13.2 Å². The van der Waals surface area contributed by atoms with Crippen molar-refractivity contribution in [3.8, 4) is 113 Å². The number of halogens is 11. The summed E-state index contributed by atoms with van der Waals surface area (Å²) in [5, 5.41) is 41.7. The molecular formula is C93H63F11N28. The maximum absolute atomic E-state index is 14.5. The van der Waals surface area contributed by atoms with E-state index in [1.54, 1.807) is 98.2 Å². The fraction of sp³-hybridized carbons (Fsp3) is 0.0645. The van der Waals surface area contributed by atoms with Crippen molar-refractivity contribution in [3.63, 3.8) is 0 Å². The molecule has 0 bridgehead atoms. The first-order chi connectivity index (χ1) is 64.9. The Bertz CT molecular complexity index is 7660. The number of alkyl halides is 5. The molecule has 0 saturated heterocycles. The number of nitrogen functional groups attached to an aromatic ring is 5. The van der Waals surface area contributed by atoms with E-state index in [-0.39, 0.29) is 86.3 Å². The van der Waals surface area contributed by atoms with Crippen molar-refractivity contribution in [2.24, 2.45) is 0 Å². The molecule has 0 atom stereocenters. The second-order valence-electron chi connectivity index (χ2n) is 28.6. The molecule has 20 aromatic rings. The minimum Gasteiger partial charge on any atom is -0.366 e. The number of anilines is 5. The van der Waals surface area contributed by atoms with Gasteiger partial charge in [0.05, 0.1) is 33.3 Å². The normalized spacial score (nSPS) is 11.6. The van der Waals surface area contributed by atoms with E-state index >= 15 is 0 Å². The number of aromatic nitrogens is 23. The Labute approximate surface area is 742 Å². The first-order valence-corrected chi connectivity index (χ1v) is 39.2. The minimum atomic E-state index is -4.54. The number of fused-ring (bicyclic) bond motifs is 5. The fourth-order valence-corrected chi connectivity index (χ4v) is 13.9. The molecule has 10 heterocycles. The smallest absolute Gasteiger partial charge is 0.366 e. The van der Waals surface area contributed by atoms with Gasteiger partial charge in [-0.05, 0) is 214 Å². The van der Waals surface area contributed by atoms with Gasteiger partial charge in [-0.25, -0.2) is 89.9 Å². The van der Waals surface area contributed by atoms with Gasteiger partial charge in [0.25, 0.3) is 6.43 Å². The number of benzene rings is 10. The monoisotopic (exact) mass is 1780 g/mol. The number of aryl methyl sites for hydroxylation is 3. The summed E-state index contributed by atoms with van der Waals surface area (Å²) in [5.74, 6) is -2.58. The summed E-state index contributed by atoms with van der Waals surface area (Å²) in [7, 11) is 0. The summed E-state index contributed by atoms with van der Waals surface area (Å²) in [5.41, 5.74) is 40.7. The zero-order valence-electron chi connectivity index (χ0n) is 71.3. The van der Waals surface area contributed by atoms with Crippen LogP contribution in [-0.2, 0) is 12.6 Å². The third-order valence-electron chi connectivity index (χ3n) is 20.1. The Balaban J connectivity index is 0.000000123. The molecule has 0 spiro atoms. The van der Waals surface area contributed by atoms with Gasteiger partial charge in [-0.1, -0.05) is 31.2 Å². The number of rotatable bonds is 12. The maximum Gasteiger partial charge on any atom is 0.417 e. The molecule has 652 valence electrons. The van der Waals surface area contributed by atoms with Crippen molar-refractivity contribution in [3.05, 3.63) is 313 Å². The van der Waals surface area contributed by atoms with E-state index in [1.165, 1.54) is 128 Å². The highest BCUT2D eigenvalue weighted by atomic mass is 19.4. The van der Waals surface area contributed by atoms with Gasteiger partial charge in [0, 0.05) is 116 Å². The third-order valence-corrected chi connectivity index (χ3v) is 20.1. The van der Waals surface area contributed by atoms with Gasteiger partial charge in [-0.15, -0.1) is 51.0 Å². The van der Waals surface area contributed by atoms with Crippen LogP contribution in [0.15, 0.2) is 250 Å². The Hall–Kier alpha value is -17.7. The van der Waals surface area contributed by atoms with Crippen LogP contribution in [0.25, 0.3) is 167 Å². The molecule has 0 radical (unpaired) electrons. The lowest BCUT2D eigenvalue weighted by Crippen LogP contribution is -2.06. The summed E-state index contributed by atoms with van der Waals surface area (Å²) >= 11 is 0. The molecule has 10 aromatic heterocycles. The molecule has 0 unspecified atom stereocenters. The number of hydrogen-bond donors (Lipinski definition) is 5. The number of pyridine rings is 2. The van der Waals surface area contributed by atoms with Crippen LogP contribution in [0.3, 0.4) is 0 Å². The first-order valence-electron chi connectivity index (χ1n) is 40.7. The SMILES string of the molecule is CCc1ncnc2ccc(-c3nnc(N)nc3-c3ccc(F)cc3)cc12.Cc1ncnc2c(F)cc(-c3nnc(N)nc3-c3ccc(F)cc3)cc12.Nc1nnc(-c2ccc3nccc(C(F)(F)F)c3c2)c(-c2ccc(F)cc2)n1.Nc1nnc(-c2ccc3nccc(C(F)F)c3c2)c(-c2ccc(F)cc2)n1.[2H]C([2H])([2H])c1ncnc2ccc(-c3nnc(N)nc3-c3ccc(F)cc3)cc12. The summed E-state index contributed by atoms with van der Waals surface area (Å²) < 4.78 is 171. The van der Waals surface area contributed by atoms with Crippen molar-refractivity contribution in [2.45, 2.75) is 39.7 Å². The van der Waals surface area contributed by atoms with E-state index < -0.39 is 42.5 Å². The Morgan fingerprint density at radius 3 is 0.992 bits per heavy atom. The number of hydrogen-bond acceptors (Lipinski definition) is 28. The van der Waals surface area contributed by atoms with E-state index in [2.05, 4.69) is 116 Å². The summed E-state index contributed by atoms with van der Waals surface area (Å²) in [4.78, 5) is 54.0. The van der Waals surface area contributed by atoms with Crippen LogP contribution in [0.5, 0.6) is 0 Å². The lowest BCUT2D eigenvalue weighted by molar-refractivity contribution is -0.136. The zero-order valence-corrected chi connectivity index (χ0v) is 68.3. The van der Waals surface area contributed by atoms with E-state index in [0.717, 1.165) is 40.8 Å². The van der Waals surface area contributed by atoms with Gasteiger partial charge in [0.1, 0.15) is 116 Å². The van der Waals surface area contributed by atoms with Crippen molar-refractivity contribution >= 4 is 84.3 Å². The highest BCUT2D eigenvalue weighted by Gasteiger charge is 2.33. The van der Waals surface area contributed by atoms with Crippen molar-refractivity contribution < 1.29 is 52.4 Å². The van der Waals surface area contributed by atoms with Crippen LogP contribution in [0.2, 0.25) is 0 Å². The Morgan fingerprint density at radius 1 is 0.303 bits per heavy atom. The topological polar surface area (TPSA) is 427 Å². The maximum atomic E-state index is 14.5. The minimum absolute atomic E-state index is 0.0321. The van der Waals surface area contributed by atoms with Gasteiger partial charge >= 0.3 is 6.18 Å². The second kappa shape index (κ2) is 37.9. The molecule has 20 rings (SSSR count). The van der Waals surface area contributed by atoms with E-state index in [9.17, 15) is 48.3 Å². The molecular weight excluding hydrogens is 1720 g/mol. The van der Waals surface area contributed by atoms with Gasteiger partial charge in [-0.3, -0.25) is 9.97 Å². The van der Waals surface area contributed by atoms with Crippen LogP contribution < -0.4 is 28.7 Å². The van der Waals surface area contributed by atoms with E-state index in [0.29, 0.717) is 129 Å². The van der Waals surface area contributed by atoms with Crippen molar-refractivity contribution in [2.75, 3.05) is 28.7 Å². The molecule has 132 heavy (non-hydrogen) atoms. The second-order valence-corrected chi connectivity index (χ2v) is 28.6. The largest absolute Gasteiger partial charge is 0.417 e. The first kappa shape index (κ1) is 83.8. The quantitative estimate of drug-likeness (QED) is 0.0709. The third kappa shape index (κ3) is 19.5. The highest BCUT2D eigenvalue weighted by molar-refractivity contribution is 5.94. The molecule has 0 amide bonds. The molecule has 0 aliphatic carbocycles. The summed E-state index contributed by atoms with van der Waals surface area (Å²) in [6.45, 7) is 1.41. The fourth-order valence-electron chi connectivity index (χ4n) is 13.9. The standard InChI is InChI=1S/C19H11F4N5.C19H12F3N5.C19H15FN6.C18H12F2N6.C18H13FN6/c20-12-4-1-10(2-5-12)16-17(27-28-18(24)26-16)11-3-6-15-13(9-11)14(7-8-25-15)19(21,22)23;20-12-4-1-10(2-5-12)16-17(26-27-19(23)25-16)11-3-6-15-14(9-11)13(18(21)22)7-8-24-15;1-2-15-14-9-12(5-8-16(14)23-10-22-15)18-17(24-19(21)26-25-18)11-3-6-13(20)7-4-11;1-9-13-6-11(7-14(20)17(13)23-8-22-9)16-15(24-18(21)26-25-16)10-2-4-12(19)5-3-10;1-10-14-8-12(4-7-15(14)22-9-21-10)17-16(23-18(20)25-24-17)11-2-5-13(19)6-3-11/h1-9H,(H2,24,26,28);1-9,18H,(H2,23,25,27);3-10H,2H2,1H3,(H2,21,24,26);2-8H,1H3,(H2,21,24,26);2-9H,1H3,(H2,20,23,25)/i;;;;1D3. The Morgan fingerprint density at radius 2 is 0.614 bits per heavy atom. The number of nitrogens with zero attached hydrogens (tertiary/aromatic N) is 23. The highest BCUT2D eigenvalue weighted by Crippen LogP contribution is 2.41. The van der Waals surface area contributed by atoms with Crippen LogP contribution in [0.1, 0.15) is 45.7 Å². The summed E-state index contributed by atoms with van der Waals surface area (Å²) in [6, 6.07) is 53.9. The van der Waals surface area contributed by atoms with Crippen molar-refractivity contribution in [1.29, 1.82) is 0 Å². The van der Waals surface area contributed by atoms with Gasteiger partial charge in [0.2, 0.25) is 29.7 Å². The molecule has 0 fully saturated rings. The lowest BCUT2D eigenvalue weighted by atomic mass is 10.0. The predicted molar refractivity (Wildman–Crippen MR) is 474 cm³/mol. The molecule has 0 saturated carbocycles. The molecule has 10 aromatic carbocycles. The van der Waals surface area contributed by atoms with Gasteiger partial charge in [0.15, 0.2) is 0 Å². The van der Waals surface area contributed by atoms with Crippen LogP contribution in [0.4, 0.5) is 78.0 Å². The lowest BCUT2D eigenvalue weighted by Gasteiger charge is -2.12. The van der Waals surface area contributed by atoms with Crippen LogP contribution >= 0.6 is 0 Å². The average Bonchev–Trinajstić information content (AvgIpc) is 0.770. The van der Waals surface area contributed by atoms with Crippen LogP contribution in [0, 0.1) is 48.7 Å². The van der Waals surface area contributed by atoms with Crippen LogP contribution in [-0.4, -0.2) is 116 Å². The van der Waals surface area contributed by atoms with Gasteiger partial charge < -0.3 is 28.7 Å². The Kier molecular flexibility index (Phi) is 24.0. The van der Waals surface area contributed by atoms with E-state index in [1.807, 2.05) is 25.1 Å². The molecule has 28 nitrogen and oxygen atoms in total. The summed E-state index contributed by atoms with van der Waals surface area (Å²) in [6.07, 6.45) is 0.168. The molecule has 0 aliphatic heterocycles.